The van der Waals surface area contributed by atoms with Crippen molar-refractivity contribution >= 4 is 0 Å². The molecule has 0 spiro atoms. The Hall–Kier alpha value is -0.380. The Labute approximate surface area is 145 Å². The van der Waals surface area contributed by atoms with E-state index in [1.807, 2.05) is 13.8 Å². The van der Waals surface area contributed by atoms with Gasteiger partial charge in [-0.2, -0.15) is 0 Å². The Morgan fingerprint density at radius 2 is 1.43 bits per heavy atom. The van der Waals surface area contributed by atoms with E-state index >= 15 is 0 Å². The van der Waals surface area contributed by atoms with Gasteiger partial charge in [0.05, 0.1) is 0 Å². The molecule has 0 radical (unpaired) electrons. The molecule has 0 saturated heterocycles. The summed E-state index contributed by atoms with van der Waals surface area (Å²) in [7, 11) is 4.27. The summed E-state index contributed by atoms with van der Waals surface area (Å²) in [6.45, 7) is 11.8. The average molecular weight is 328 g/mol. The Balaban J connectivity index is 4.44. The van der Waals surface area contributed by atoms with Gasteiger partial charge in [-0.1, -0.05) is 57.9 Å². The van der Waals surface area contributed by atoms with E-state index in [0.29, 0.717) is 13.2 Å². The van der Waals surface area contributed by atoms with Gasteiger partial charge in [-0.25, -0.2) is 0 Å². The molecule has 3 nitrogen and oxygen atoms in total. The Bertz CT molecular complexity index is 275. The molecule has 0 bridgehead atoms. The van der Waals surface area contributed by atoms with Crippen LogP contribution in [-0.2, 0) is 9.47 Å². The van der Waals surface area contributed by atoms with E-state index in [4.69, 9.17) is 9.47 Å². The molecular weight excluding hydrogens is 286 g/mol. The summed E-state index contributed by atoms with van der Waals surface area (Å²) in [5.74, 6) is 0. The van der Waals surface area contributed by atoms with E-state index in [2.05, 4.69) is 38.6 Å². The first kappa shape index (κ1) is 22.6. The Kier molecular flexibility index (Phi) is 13.8. The van der Waals surface area contributed by atoms with Crippen LogP contribution in [0.1, 0.15) is 78.6 Å². The van der Waals surface area contributed by atoms with Gasteiger partial charge in [0.2, 0.25) is 0 Å². The first-order chi connectivity index (χ1) is 11.1. The van der Waals surface area contributed by atoms with Gasteiger partial charge < -0.3 is 14.4 Å². The van der Waals surface area contributed by atoms with Crippen molar-refractivity contribution in [3.05, 3.63) is 12.7 Å². The second-order valence-electron chi connectivity index (χ2n) is 6.62. The smallest absolute Gasteiger partial charge is 0.159 e. The molecule has 0 saturated carbocycles. The topological polar surface area (TPSA) is 21.7 Å². The van der Waals surface area contributed by atoms with Crippen LogP contribution in [-0.4, -0.2) is 44.0 Å². The van der Waals surface area contributed by atoms with Crippen LogP contribution in [0.5, 0.6) is 0 Å². The molecule has 0 aliphatic rings. The molecule has 0 heterocycles. The third-order valence-electron chi connectivity index (χ3n) is 4.71. The summed E-state index contributed by atoms with van der Waals surface area (Å²) in [5.41, 5.74) is -0.0432. The first-order valence-electron chi connectivity index (χ1n) is 9.60. The van der Waals surface area contributed by atoms with Crippen molar-refractivity contribution in [3.8, 4) is 0 Å². The molecule has 138 valence electrons. The SMILES string of the molecule is C=CC(CCCCCCCCC)(CC(OCC)OCC)N(C)C. The lowest BCUT2D eigenvalue weighted by Crippen LogP contribution is -2.46. The summed E-state index contributed by atoms with van der Waals surface area (Å²) in [6.07, 6.45) is 13.3. The highest BCUT2D eigenvalue weighted by atomic mass is 16.7. The maximum Gasteiger partial charge on any atom is 0.159 e. The van der Waals surface area contributed by atoms with Crippen LogP contribution < -0.4 is 0 Å². The zero-order chi connectivity index (χ0) is 17.6. The van der Waals surface area contributed by atoms with Crippen molar-refractivity contribution in [2.75, 3.05) is 27.3 Å². The fourth-order valence-electron chi connectivity index (χ4n) is 3.09. The van der Waals surface area contributed by atoms with E-state index in [9.17, 15) is 0 Å². The largest absolute Gasteiger partial charge is 0.353 e. The van der Waals surface area contributed by atoms with E-state index in [0.717, 1.165) is 12.8 Å². The lowest BCUT2D eigenvalue weighted by atomic mass is 9.87. The van der Waals surface area contributed by atoms with Gasteiger partial charge in [0.25, 0.3) is 0 Å². The normalized spacial score (nSPS) is 14.4. The molecule has 0 aromatic rings. The molecule has 0 rings (SSSR count). The standard InChI is InChI=1S/C20H41NO2/c1-7-11-12-13-14-15-16-17-20(8-2,21(5)6)18-19(22-9-3)23-10-4/h8,19H,2,7,9-18H2,1,3-6H3. The summed E-state index contributed by atoms with van der Waals surface area (Å²) in [5, 5.41) is 0. The molecule has 1 unspecified atom stereocenters. The first-order valence-corrected chi connectivity index (χ1v) is 9.60. The number of likely N-dealkylation sites (N-methyl/N-ethyl adjacent to an activating group) is 1. The molecule has 0 amide bonds. The molecule has 23 heavy (non-hydrogen) atoms. The summed E-state index contributed by atoms with van der Waals surface area (Å²) in [6, 6.07) is 0. The highest BCUT2D eigenvalue weighted by molar-refractivity contribution is 5.03. The van der Waals surface area contributed by atoms with Crippen molar-refractivity contribution in [2.24, 2.45) is 0 Å². The lowest BCUT2D eigenvalue weighted by Gasteiger charge is -2.39. The molecule has 0 aromatic heterocycles. The monoisotopic (exact) mass is 327 g/mol. The van der Waals surface area contributed by atoms with Gasteiger partial charge in [0, 0.05) is 25.2 Å². The number of nitrogens with zero attached hydrogens (tertiary/aromatic N) is 1. The zero-order valence-electron chi connectivity index (χ0n) is 16.4. The third kappa shape index (κ3) is 9.49. The number of hydrogen-bond donors (Lipinski definition) is 0. The third-order valence-corrected chi connectivity index (χ3v) is 4.71. The fraction of sp³-hybridized carbons (Fsp3) is 0.900. The second-order valence-corrected chi connectivity index (χ2v) is 6.62. The molecule has 3 heteroatoms. The van der Waals surface area contributed by atoms with Crippen LogP contribution in [0.25, 0.3) is 0 Å². The van der Waals surface area contributed by atoms with E-state index in [1.165, 1.54) is 44.9 Å². The summed E-state index contributed by atoms with van der Waals surface area (Å²) >= 11 is 0. The number of hydrogen-bond acceptors (Lipinski definition) is 3. The highest BCUT2D eigenvalue weighted by Crippen LogP contribution is 2.29. The number of ether oxygens (including phenoxy) is 2. The van der Waals surface area contributed by atoms with Crippen LogP contribution >= 0.6 is 0 Å². The predicted molar refractivity (Wildman–Crippen MR) is 101 cm³/mol. The van der Waals surface area contributed by atoms with Crippen molar-refractivity contribution in [3.63, 3.8) is 0 Å². The lowest BCUT2D eigenvalue weighted by molar-refractivity contribution is -0.153. The Morgan fingerprint density at radius 3 is 1.87 bits per heavy atom. The van der Waals surface area contributed by atoms with Crippen LogP contribution in [0.2, 0.25) is 0 Å². The quantitative estimate of drug-likeness (QED) is 0.215. The van der Waals surface area contributed by atoms with Crippen LogP contribution in [0.15, 0.2) is 12.7 Å². The molecule has 0 N–H and O–H groups in total. The van der Waals surface area contributed by atoms with Crippen molar-refractivity contribution in [1.29, 1.82) is 0 Å². The van der Waals surface area contributed by atoms with Gasteiger partial charge in [-0.15, -0.1) is 6.58 Å². The highest BCUT2D eigenvalue weighted by Gasteiger charge is 2.32. The van der Waals surface area contributed by atoms with Gasteiger partial charge in [-0.3, -0.25) is 0 Å². The van der Waals surface area contributed by atoms with E-state index in [-0.39, 0.29) is 11.8 Å². The molecule has 0 aromatic carbocycles. The molecule has 0 aliphatic heterocycles. The van der Waals surface area contributed by atoms with Gasteiger partial charge in [0.15, 0.2) is 6.29 Å². The van der Waals surface area contributed by atoms with Crippen LogP contribution in [0, 0.1) is 0 Å². The van der Waals surface area contributed by atoms with Crippen molar-refractivity contribution in [1.82, 2.24) is 4.90 Å². The molecule has 0 aliphatic carbocycles. The van der Waals surface area contributed by atoms with Crippen molar-refractivity contribution in [2.45, 2.75) is 90.4 Å². The predicted octanol–water partition coefficient (Wildman–Crippen LogP) is 5.40. The molecule has 1 atom stereocenters. The number of unbranched alkanes of at least 4 members (excludes halogenated alkanes) is 6. The minimum Gasteiger partial charge on any atom is -0.353 e. The minimum atomic E-state index is -0.144. The summed E-state index contributed by atoms with van der Waals surface area (Å²) in [4.78, 5) is 2.28. The van der Waals surface area contributed by atoms with Crippen LogP contribution in [0.4, 0.5) is 0 Å². The van der Waals surface area contributed by atoms with Crippen molar-refractivity contribution < 1.29 is 9.47 Å². The van der Waals surface area contributed by atoms with E-state index in [1.54, 1.807) is 0 Å². The maximum atomic E-state index is 5.77. The summed E-state index contributed by atoms with van der Waals surface area (Å²) < 4.78 is 11.5. The molecule has 0 fully saturated rings. The average Bonchev–Trinajstić information content (AvgIpc) is 2.53. The van der Waals surface area contributed by atoms with E-state index < -0.39 is 0 Å². The fourth-order valence-corrected chi connectivity index (χ4v) is 3.09. The Morgan fingerprint density at radius 1 is 0.913 bits per heavy atom. The molecular formula is C20H41NO2. The second kappa shape index (κ2) is 14.0. The van der Waals surface area contributed by atoms with Gasteiger partial charge >= 0.3 is 0 Å². The maximum absolute atomic E-state index is 5.77. The van der Waals surface area contributed by atoms with Crippen LogP contribution in [0.3, 0.4) is 0 Å². The number of rotatable bonds is 16. The van der Waals surface area contributed by atoms with Gasteiger partial charge in [-0.05, 0) is 34.4 Å². The zero-order valence-corrected chi connectivity index (χ0v) is 16.4. The van der Waals surface area contributed by atoms with Gasteiger partial charge in [0.1, 0.15) is 0 Å². The minimum absolute atomic E-state index is 0.0432.